The monoisotopic (exact) mass is 298 g/mol. The second-order valence-corrected chi connectivity index (χ2v) is 5.61. The van der Waals surface area contributed by atoms with Crippen LogP contribution in [0.4, 0.5) is 11.8 Å². The summed E-state index contributed by atoms with van der Waals surface area (Å²) in [6.45, 7) is 6.60. The summed E-state index contributed by atoms with van der Waals surface area (Å²) in [4.78, 5) is 11.0. The molecule has 94 valence electrons. The van der Waals surface area contributed by atoms with E-state index in [1.165, 1.54) is 19.3 Å². The lowest BCUT2D eigenvalue weighted by Crippen LogP contribution is -2.27. The normalized spacial score (nSPS) is 18.6. The Balaban J connectivity index is 2.20. The predicted octanol–water partition coefficient (Wildman–Crippen LogP) is 2.84. The van der Waals surface area contributed by atoms with Crippen molar-refractivity contribution in [3.05, 3.63) is 10.7 Å². The van der Waals surface area contributed by atoms with Crippen LogP contribution in [0.3, 0.4) is 0 Å². The van der Waals surface area contributed by atoms with Gasteiger partial charge in [0.2, 0.25) is 5.95 Å². The van der Waals surface area contributed by atoms with E-state index in [0.29, 0.717) is 11.2 Å². The zero-order valence-corrected chi connectivity index (χ0v) is 12.0. The fraction of sp³-hybridized carbons (Fsp3) is 0.667. The first-order valence-electron chi connectivity index (χ1n) is 6.13. The summed E-state index contributed by atoms with van der Waals surface area (Å²) in [5, 5.41) is 0. The van der Waals surface area contributed by atoms with E-state index >= 15 is 0 Å². The maximum atomic E-state index is 5.75. The highest BCUT2D eigenvalue weighted by Crippen LogP contribution is 2.38. The lowest BCUT2D eigenvalue weighted by atomic mass is 9.82. The molecule has 0 radical (unpaired) electrons. The Hall–Kier alpha value is -0.840. The molecule has 1 aliphatic heterocycles. The summed E-state index contributed by atoms with van der Waals surface area (Å²) in [6.07, 6.45) is 3.64. The number of nitrogens with two attached hydrogens (primary N) is 1. The summed E-state index contributed by atoms with van der Waals surface area (Å²) in [5.41, 5.74) is 6.18. The molecule has 0 bridgehead atoms. The van der Waals surface area contributed by atoms with Gasteiger partial charge >= 0.3 is 0 Å². The summed E-state index contributed by atoms with van der Waals surface area (Å²) >= 11 is 3.36. The van der Waals surface area contributed by atoms with Gasteiger partial charge in [-0.2, -0.15) is 4.98 Å². The Morgan fingerprint density at radius 1 is 1.41 bits per heavy atom. The van der Waals surface area contributed by atoms with Gasteiger partial charge in [-0.1, -0.05) is 13.8 Å². The molecule has 0 amide bonds. The summed E-state index contributed by atoms with van der Waals surface area (Å²) < 4.78 is 0.755. The molecule has 1 aromatic rings. The Labute approximate surface area is 111 Å². The maximum absolute atomic E-state index is 5.75. The molecule has 5 heteroatoms. The average molecular weight is 299 g/mol. The molecule has 1 aromatic heterocycles. The zero-order chi connectivity index (χ0) is 12.5. The third-order valence-electron chi connectivity index (χ3n) is 3.92. The van der Waals surface area contributed by atoms with Crippen LogP contribution >= 0.6 is 15.9 Å². The van der Waals surface area contributed by atoms with E-state index in [0.717, 1.165) is 23.6 Å². The molecule has 0 aliphatic carbocycles. The van der Waals surface area contributed by atoms with Crippen LogP contribution in [-0.4, -0.2) is 23.1 Å². The molecule has 0 atom stereocenters. The van der Waals surface area contributed by atoms with Crippen molar-refractivity contribution < 1.29 is 0 Å². The van der Waals surface area contributed by atoms with Crippen LogP contribution in [-0.2, 0) is 0 Å². The van der Waals surface area contributed by atoms with Crippen molar-refractivity contribution in [3.63, 3.8) is 0 Å². The molecule has 2 heterocycles. The van der Waals surface area contributed by atoms with E-state index in [9.17, 15) is 0 Å². The minimum absolute atomic E-state index is 0.431. The third kappa shape index (κ3) is 2.54. The first-order chi connectivity index (χ1) is 8.08. The molecule has 2 N–H and O–H groups in total. The van der Waals surface area contributed by atoms with Gasteiger partial charge in [0.15, 0.2) is 0 Å². The zero-order valence-electron chi connectivity index (χ0n) is 10.4. The molecule has 0 aromatic carbocycles. The molecular weight excluding hydrogens is 280 g/mol. The largest absolute Gasteiger partial charge is 0.383 e. The van der Waals surface area contributed by atoms with Gasteiger partial charge in [-0.05, 0) is 40.6 Å². The predicted molar refractivity (Wildman–Crippen MR) is 74.0 cm³/mol. The van der Waals surface area contributed by atoms with E-state index in [1.807, 2.05) is 0 Å². The number of hydrogen-bond acceptors (Lipinski definition) is 4. The highest BCUT2D eigenvalue weighted by Gasteiger charge is 2.36. The summed E-state index contributed by atoms with van der Waals surface area (Å²) in [6, 6.07) is 1.73. The Bertz CT molecular complexity index is 383. The van der Waals surface area contributed by atoms with Crippen molar-refractivity contribution in [1.29, 1.82) is 0 Å². The van der Waals surface area contributed by atoms with E-state index < -0.39 is 0 Å². The SMILES string of the molecule is CCC1(CC)CCN(c2nc(N)cc(Br)n2)C1. The number of aromatic nitrogens is 2. The van der Waals surface area contributed by atoms with Crippen LogP contribution in [0.15, 0.2) is 10.7 Å². The van der Waals surface area contributed by atoms with Gasteiger partial charge in [-0.3, -0.25) is 0 Å². The van der Waals surface area contributed by atoms with Gasteiger partial charge in [-0.25, -0.2) is 4.98 Å². The second kappa shape index (κ2) is 4.80. The molecule has 1 saturated heterocycles. The fourth-order valence-corrected chi connectivity index (χ4v) is 2.89. The first kappa shape index (κ1) is 12.6. The Morgan fingerprint density at radius 2 is 2.12 bits per heavy atom. The minimum atomic E-state index is 0.431. The van der Waals surface area contributed by atoms with Crippen LogP contribution in [0.2, 0.25) is 0 Å². The molecule has 0 saturated carbocycles. The highest BCUT2D eigenvalue weighted by molar-refractivity contribution is 9.10. The van der Waals surface area contributed by atoms with Crippen molar-refractivity contribution >= 4 is 27.7 Å². The van der Waals surface area contributed by atoms with Gasteiger partial charge in [0.05, 0.1) is 0 Å². The van der Waals surface area contributed by atoms with Crippen LogP contribution in [0.5, 0.6) is 0 Å². The standard InChI is InChI=1S/C12H19BrN4/c1-3-12(4-2)5-6-17(8-12)11-15-9(13)7-10(14)16-11/h7H,3-6,8H2,1-2H3,(H2,14,15,16). The number of hydrogen-bond donors (Lipinski definition) is 1. The fourth-order valence-electron chi connectivity index (χ4n) is 2.50. The molecule has 2 rings (SSSR count). The van der Waals surface area contributed by atoms with Gasteiger partial charge in [0.25, 0.3) is 0 Å². The highest BCUT2D eigenvalue weighted by atomic mass is 79.9. The van der Waals surface area contributed by atoms with Crippen LogP contribution in [0.25, 0.3) is 0 Å². The van der Waals surface area contributed by atoms with Crippen molar-refractivity contribution in [3.8, 4) is 0 Å². The minimum Gasteiger partial charge on any atom is -0.383 e. The number of halogens is 1. The third-order valence-corrected chi connectivity index (χ3v) is 4.33. The maximum Gasteiger partial charge on any atom is 0.228 e. The quantitative estimate of drug-likeness (QED) is 0.872. The van der Waals surface area contributed by atoms with Gasteiger partial charge in [0, 0.05) is 19.2 Å². The molecule has 4 nitrogen and oxygen atoms in total. The lowest BCUT2D eigenvalue weighted by molar-refractivity contribution is 0.301. The first-order valence-corrected chi connectivity index (χ1v) is 6.93. The van der Waals surface area contributed by atoms with Crippen molar-refractivity contribution in [2.75, 3.05) is 23.7 Å². The van der Waals surface area contributed by atoms with E-state index in [4.69, 9.17) is 5.73 Å². The Kier molecular flexibility index (Phi) is 3.56. The molecule has 1 aliphatic rings. The van der Waals surface area contributed by atoms with Gasteiger partial charge in [0.1, 0.15) is 10.4 Å². The molecule has 0 unspecified atom stereocenters. The summed E-state index contributed by atoms with van der Waals surface area (Å²) in [5.74, 6) is 1.27. The van der Waals surface area contributed by atoms with E-state index in [-0.39, 0.29) is 0 Å². The van der Waals surface area contributed by atoms with Crippen LogP contribution in [0, 0.1) is 5.41 Å². The number of nitrogens with zero attached hydrogens (tertiary/aromatic N) is 3. The van der Waals surface area contributed by atoms with Crippen molar-refractivity contribution in [1.82, 2.24) is 9.97 Å². The summed E-state index contributed by atoms with van der Waals surface area (Å²) in [7, 11) is 0. The second-order valence-electron chi connectivity index (χ2n) is 4.79. The number of nitrogen functional groups attached to an aromatic ring is 1. The van der Waals surface area contributed by atoms with Gasteiger partial charge < -0.3 is 10.6 Å². The number of rotatable bonds is 3. The average Bonchev–Trinajstić information content (AvgIpc) is 2.73. The molecule has 17 heavy (non-hydrogen) atoms. The van der Waals surface area contributed by atoms with Crippen molar-refractivity contribution in [2.45, 2.75) is 33.1 Å². The van der Waals surface area contributed by atoms with Gasteiger partial charge in [-0.15, -0.1) is 0 Å². The smallest absolute Gasteiger partial charge is 0.228 e. The Morgan fingerprint density at radius 3 is 2.65 bits per heavy atom. The molecular formula is C12H19BrN4. The van der Waals surface area contributed by atoms with Crippen LogP contribution in [0.1, 0.15) is 33.1 Å². The van der Waals surface area contributed by atoms with Crippen molar-refractivity contribution in [2.24, 2.45) is 5.41 Å². The molecule has 0 spiro atoms. The molecule has 1 fully saturated rings. The van der Waals surface area contributed by atoms with E-state index in [2.05, 4.69) is 44.6 Å². The lowest BCUT2D eigenvalue weighted by Gasteiger charge is -2.26. The van der Waals surface area contributed by atoms with Crippen LogP contribution < -0.4 is 10.6 Å². The number of anilines is 2. The van der Waals surface area contributed by atoms with E-state index in [1.54, 1.807) is 6.07 Å². The topological polar surface area (TPSA) is 55.0 Å².